The molecule has 1 amide bonds. The first-order valence-electron chi connectivity index (χ1n) is 6.86. The molecule has 0 saturated carbocycles. The number of nitrogens with one attached hydrogen (secondary N) is 1. The molecule has 6 nitrogen and oxygen atoms in total. The third-order valence-corrected chi connectivity index (χ3v) is 3.38. The highest BCUT2D eigenvalue weighted by Crippen LogP contribution is 2.18. The number of aromatic nitrogens is 4. The van der Waals surface area contributed by atoms with Crippen LogP contribution in [0.5, 0.6) is 0 Å². The van der Waals surface area contributed by atoms with E-state index in [0.29, 0.717) is 18.7 Å². The van der Waals surface area contributed by atoms with Gasteiger partial charge in [0.25, 0.3) is 0 Å². The van der Waals surface area contributed by atoms with E-state index in [2.05, 4.69) is 20.4 Å². The predicted molar refractivity (Wildman–Crippen MR) is 74.3 cm³/mol. The summed E-state index contributed by atoms with van der Waals surface area (Å²) in [6.45, 7) is 2.79. The molecule has 1 aliphatic heterocycles. The van der Waals surface area contributed by atoms with Crippen molar-refractivity contribution < 1.29 is 4.79 Å². The number of carbonyl (C=O) groups is 1. The molecule has 1 N–H and O–H groups in total. The maximum Gasteiger partial charge on any atom is 0.225 e. The fourth-order valence-electron chi connectivity index (χ4n) is 2.41. The van der Waals surface area contributed by atoms with Gasteiger partial charge in [0.05, 0.1) is 0 Å². The topological polar surface area (TPSA) is 72.7 Å². The molecule has 0 fully saturated rings. The second kappa shape index (κ2) is 5.40. The molecule has 3 rings (SSSR count). The van der Waals surface area contributed by atoms with Crippen LogP contribution in [0.3, 0.4) is 0 Å². The molecule has 0 radical (unpaired) electrons. The molecule has 20 heavy (non-hydrogen) atoms. The summed E-state index contributed by atoms with van der Waals surface area (Å²) in [6.07, 6.45) is 4.92. The van der Waals surface area contributed by atoms with E-state index >= 15 is 0 Å². The first-order valence-corrected chi connectivity index (χ1v) is 6.86. The first kappa shape index (κ1) is 12.8. The van der Waals surface area contributed by atoms with Gasteiger partial charge in [-0.25, -0.2) is 9.97 Å². The van der Waals surface area contributed by atoms with Gasteiger partial charge in [-0.05, 0) is 32.3 Å². The average molecular weight is 271 g/mol. The van der Waals surface area contributed by atoms with E-state index in [9.17, 15) is 4.79 Å². The monoisotopic (exact) mass is 271 g/mol. The van der Waals surface area contributed by atoms with E-state index < -0.39 is 0 Å². The fourth-order valence-corrected chi connectivity index (χ4v) is 2.41. The Labute approximate surface area is 117 Å². The largest absolute Gasteiger partial charge is 0.309 e. The number of carbonyl (C=O) groups excluding carboxylic acids is 1. The summed E-state index contributed by atoms with van der Waals surface area (Å²) in [7, 11) is 0. The molecule has 2 aromatic rings. The highest BCUT2D eigenvalue weighted by molar-refractivity contribution is 5.89. The van der Waals surface area contributed by atoms with Crippen molar-refractivity contribution in [2.45, 2.75) is 39.2 Å². The van der Waals surface area contributed by atoms with Crippen molar-refractivity contribution in [3.8, 4) is 0 Å². The number of hydrogen-bond donors (Lipinski definition) is 1. The van der Waals surface area contributed by atoms with E-state index in [1.165, 1.54) is 5.69 Å². The number of hydrogen-bond acceptors (Lipinski definition) is 4. The Kier molecular flexibility index (Phi) is 3.45. The molecule has 0 aromatic carbocycles. The first-order chi connectivity index (χ1) is 9.70. The van der Waals surface area contributed by atoms with Crippen molar-refractivity contribution in [2.75, 3.05) is 5.32 Å². The minimum atomic E-state index is -0.0296. The standard InChI is InChI=1S/C14H17N5O/c1-10-15-7-6-11(16-10)4-5-14(20)17-13-9-12-3-2-8-19(12)18-13/h6-7,9H,2-5,8H2,1H3,(H,17,18,20). The maximum atomic E-state index is 11.9. The quantitative estimate of drug-likeness (QED) is 0.914. The Morgan fingerprint density at radius 3 is 3.20 bits per heavy atom. The molecule has 0 unspecified atom stereocenters. The lowest BCUT2D eigenvalue weighted by Gasteiger charge is -2.02. The van der Waals surface area contributed by atoms with Crippen molar-refractivity contribution in [1.29, 1.82) is 0 Å². The molecule has 0 spiro atoms. The molecule has 0 bridgehead atoms. The Balaban J connectivity index is 1.54. The lowest BCUT2D eigenvalue weighted by molar-refractivity contribution is -0.116. The van der Waals surface area contributed by atoms with E-state index in [1.54, 1.807) is 6.20 Å². The van der Waals surface area contributed by atoms with Crippen LogP contribution >= 0.6 is 0 Å². The molecule has 2 aromatic heterocycles. The highest BCUT2D eigenvalue weighted by atomic mass is 16.1. The third-order valence-electron chi connectivity index (χ3n) is 3.38. The SMILES string of the molecule is Cc1nccc(CCC(=O)Nc2cc3n(n2)CCC3)n1. The smallest absolute Gasteiger partial charge is 0.225 e. The lowest BCUT2D eigenvalue weighted by atomic mass is 10.2. The van der Waals surface area contributed by atoms with Crippen LogP contribution < -0.4 is 5.32 Å². The molecule has 1 aliphatic rings. The second-order valence-electron chi connectivity index (χ2n) is 4.99. The van der Waals surface area contributed by atoms with Gasteiger partial charge in [0.2, 0.25) is 5.91 Å². The molecular formula is C14H17N5O. The maximum absolute atomic E-state index is 11.9. The molecule has 104 valence electrons. The van der Waals surface area contributed by atoms with E-state index in [1.807, 2.05) is 23.7 Å². The van der Waals surface area contributed by atoms with Gasteiger partial charge < -0.3 is 5.32 Å². The fraction of sp³-hybridized carbons (Fsp3) is 0.429. The minimum Gasteiger partial charge on any atom is -0.309 e. The van der Waals surface area contributed by atoms with Crippen molar-refractivity contribution in [3.05, 3.63) is 35.5 Å². The summed E-state index contributed by atoms with van der Waals surface area (Å²) >= 11 is 0. The van der Waals surface area contributed by atoms with Crippen LogP contribution in [0.1, 0.15) is 30.1 Å². The zero-order valence-corrected chi connectivity index (χ0v) is 11.5. The van der Waals surface area contributed by atoms with Crippen molar-refractivity contribution in [1.82, 2.24) is 19.7 Å². The number of fused-ring (bicyclic) bond motifs is 1. The van der Waals surface area contributed by atoms with Gasteiger partial charge in [-0.15, -0.1) is 0 Å². The summed E-state index contributed by atoms with van der Waals surface area (Å²) in [4.78, 5) is 20.2. The molecule has 0 saturated heterocycles. The van der Waals surface area contributed by atoms with Crippen LogP contribution in [-0.4, -0.2) is 25.7 Å². The zero-order valence-electron chi connectivity index (χ0n) is 11.5. The molecule has 0 atom stereocenters. The van der Waals surface area contributed by atoms with Gasteiger partial charge >= 0.3 is 0 Å². The number of aryl methyl sites for hydroxylation is 4. The Morgan fingerprint density at radius 2 is 2.40 bits per heavy atom. The van der Waals surface area contributed by atoms with Gasteiger partial charge in [-0.3, -0.25) is 9.48 Å². The summed E-state index contributed by atoms with van der Waals surface area (Å²) in [6, 6.07) is 3.80. The average Bonchev–Trinajstić information content (AvgIpc) is 2.97. The molecule has 3 heterocycles. The lowest BCUT2D eigenvalue weighted by Crippen LogP contribution is -2.13. The summed E-state index contributed by atoms with van der Waals surface area (Å²) in [5.41, 5.74) is 2.09. The Bertz CT molecular complexity index is 613. The number of rotatable bonds is 4. The van der Waals surface area contributed by atoms with E-state index in [-0.39, 0.29) is 5.91 Å². The van der Waals surface area contributed by atoms with Crippen molar-refractivity contribution in [3.63, 3.8) is 0 Å². The van der Waals surface area contributed by atoms with Crippen LogP contribution in [0.25, 0.3) is 0 Å². The molecular weight excluding hydrogens is 254 g/mol. The highest BCUT2D eigenvalue weighted by Gasteiger charge is 2.14. The van der Waals surface area contributed by atoms with Crippen LogP contribution in [0.4, 0.5) is 5.82 Å². The number of nitrogens with zero attached hydrogens (tertiary/aromatic N) is 4. The number of anilines is 1. The minimum absolute atomic E-state index is 0.0296. The predicted octanol–water partition coefficient (Wildman–Crippen LogP) is 1.50. The van der Waals surface area contributed by atoms with Crippen molar-refractivity contribution in [2.24, 2.45) is 0 Å². The Morgan fingerprint density at radius 1 is 1.50 bits per heavy atom. The van der Waals surface area contributed by atoms with Crippen LogP contribution in [-0.2, 0) is 24.2 Å². The van der Waals surface area contributed by atoms with Gasteiger partial charge in [-0.1, -0.05) is 0 Å². The second-order valence-corrected chi connectivity index (χ2v) is 4.99. The van der Waals surface area contributed by atoms with Crippen LogP contribution in [0.15, 0.2) is 18.3 Å². The van der Waals surface area contributed by atoms with Gasteiger partial charge in [0.1, 0.15) is 5.82 Å². The van der Waals surface area contributed by atoms with Crippen molar-refractivity contribution >= 4 is 11.7 Å². The van der Waals surface area contributed by atoms with Crippen LogP contribution in [0.2, 0.25) is 0 Å². The van der Waals surface area contributed by atoms with Gasteiger partial charge in [-0.2, -0.15) is 5.10 Å². The Hall–Kier alpha value is -2.24. The third kappa shape index (κ3) is 2.84. The van der Waals surface area contributed by atoms with Gasteiger partial charge in [0.15, 0.2) is 5.82 Å². The van der Waals surface area contributed by atoms with E-state index in [4.69, 9.17) is 0 Å². The molecule has 0 aliphatic carbocycles. The van der Waals surface area contributed by atoms with E-state index in [0.717, 1.165) is 30.9 Å². The van der Waals surface area contributed by atoms with Gasteiger partial charge in [0, 0.05) is 36.6 Å². The zero-order chi connectivity index (χ0) is 13.9. The molecule has 6 heteroatoms. The summed E-state index contributed by atoms with van der Waals surface area (Å²) < 4.78 is 1.96. The summed E-state index contributed by atoms with van der Waals surface area (Å²) in [5.74, 6) is 1.36. The summed E-state index contributed by atoms with van der Waals surface area (Å²) in [5, 5.41) is 7.20. The van der Waals surface area contributed by atoms with Crippen LogP contribution in [0, 0.1) is 6.92 Å². The normalized spacial score (nSPS) is 13.2. The number of amides is 1.